The number of thioether (sulfide) groups is 1. The van der Waals surface area contributed by atoms with Gasteiger partial charge in [0, 0.05) is 17.8 Å². The average Bonchev–Trinajstić information content (AvgIpc) is 2.38. The fraction of sp³-hybridized carbons (Fsp3) is 0.538. The number of para-hydroxylation sites is 1. The molecule has 0 heterocycles. The summed E-state index contributed by atoms with van der Waals surface area (Å²) in [6.07, 6.45) is 1.97. The van der Waals surface area contributed by atoms with Crippen LogP contribution in [0.1, 0.15) is 20.8 Å². The summed E-state index contributed by atoms with van der Waals surface area (Å²) in [5.41, 5.74) is 0.638. The summed E-state index contributed by atoms with van der Waals surface area (Å²) >= 11 is 1.63. The highest BCUT2D eigenvalue weighted by Crippen LogP contribution is 2.23. The third-order valence-corrected chi connectivity index (χ3v) is 5.49. The molecular formula is C13H22N2O2S2. The van der Waals surface area contributed by atoms with Gasteiger partial charge in [-0.15, -0.1) is 0 Å². The molecule has 0 bridgehead atoms. The van der Waals surface area contributed by atoms with Crippen molar-refractivity contribution in [2.45, 2.75) is 30.4 Å². The molecule has 0 radical (unpaired) electrons. The minimum atomic E-state index is -3.48. The van der Waals surface area contributed by atoms with Gasteiger partial charge in [0.2, 0.25) is 10.0 Å². The fourth-order valence-corrected chi connectivity index (χ4v) is 3.16. The van der Waals surface area contributed by atoms with Crippen LogP contribution >= 0.6 is 11.8 Å². The van der Waals surface area contributed by atoms with E-state index in [0.29, 0.717) is 23.7 Å². The van der Waals surface area contributed by atoms with E-state index in [2.05, 4.69) is 10.0 Å². The summed E-state index contributed by atoms with van der Waals surface area (Å²) in [5.74, 6) is 0. The molecule has 1 rings (SSSR count). The van der Waals surface area contributed by atoms with Crippen molar-refractivity contribution in [3.05, 3.63) is 24.3 Å². The molecule has 0 saturated carbocycles. The number of anilines is 1. The molecule has 19 heavy (non-hydrogen) atoms. The Morgan fingerprint density at radius 3 is 2.47 bits per heavy atom. The van der Waals surface area contributed by atoms with Crippen LogP contribution in [0.5, 0.6) is 0 Å². The SMILES string of the molecule is CCNc1ccccc1S(=O)(=O)NCC(C)(C)SC. The lowest BCUT2D eigenvalue weighted by Gasteiger charge is -2.22. The molecule has 0 aliphatic carbocycles. The highest BCUT2D eigenvalue weighted by atomic mass is 32.2. The van der Waals surface area contributed by atoms with Crippen LogP contribution in [-0.4, -0.2) is 32.5 Å². The van der Waals surface area contributed by atoms with E-state index in [1.807, 2.05) is 33.1 Å². The first-order valence-electron chi connectivity index (χ1n) is 6.20. The van der Waals surface area contributed by atoms with Gasteiger partial charge in [-0.3, -0.25) is 0 Å². The maximum Gasteiger partial charge on any atom is 0.242 e. The van der Waals surface area contributed by atoms with Gasteiger partial charge in [0.15, 0.2) is 0 Å². The van der Waals surface area contributed by atoms with E-state index < -0.39 is 10.0 Å². The maximum atomic E-state index is 12.3. The van der Waals surface area contributed by atoms with Crippen molar-refractivity contribution in [2.24, 2.45) is 0 Å². The summed E-state index contributed by atoms with van der Waals surface area (Å²) < 4.78 is 27.2. The molecule has 1 aromatic rings. The molecule has 0 aromatic heterocycles. The molecular weight excluding hydrogens is 280 g/mol. The first-order valence-corrected chi connectivity index (χ1v) is 8.91. The molecule has 0 aliphatic rings. The van der Waals surface area contributed by atoms with E-state index in [0.717, 1.165) is 0 Å². The first-order chi connectivity index (χ1) is 8.82. The van der Waals surface area contributed by atoms with Gasteiger partial charge in [0.05, 0.1) is 5.69 Å². The highest BCUT2D eigenvalue weighted by molar-refractivity contribution is 8.00. The number of nitrogens with one attached hydrogen (secondary N) is 2. The minimum absolute atomic E-state index is 0.125. The predicted molar refractivity (Wildman–Crippen MR) is 83.4 cm³/mol. The van der Waals surface area contributed by atoms with Gasteiger partial charge in [0.25, 0.3) is 0 Å². The zero-order valence-corrected chi connectivity index (χ0v) is 13.5. The number of rotatable bonds is 7. The average molecular weight is 302 g/mol. The molecule has 0 saturated heterocycles. The van der Waals surface area contributed by atoms with Crippen LogP contribution in [0.15, 0.2) is 29.2 Å². The van der Waals surface area contributed by atoms with Crippen molar-refractivity contribution in [1.29, 1.82) is 0 Å². The number of benzene rings is 1. The van der Waals surface area contributed by atoms with Crippen LogP contribution in [0.3, 0.4) is 0 Å². The molecule has 0 amide bonds. The second-order valence-electron chi connectivity index (χ2n) is 4.81. The standard InChI is InChI=1S/C13H22N2O2S2/c1-5-14-11-8-6-7-9-12(11)19(16,17)15-10-13(2,3)18-4/h6-9,14-15H,5,10H2,1-4H3. The Kier molecular flexibility index (Phi) is 5.70. The molecule has 0 aliphatic heterocycles. The van der Waals surface area contributed by atoms with E-state index in [4.69, 9.17) is 0 Å². The second kappa shape index (κ2) is 6.63. The predicted octanol–water partition coefficient (Wildman–Crippen LogP) is 2.54. The van der Waals surface area contributed by atoms with Crippen molar-refractivity contribution >= 4 is 27.5 Å². The molecule has 0 fully saturated rings. The molecule has 0 unspecified atom stereocenters. The zero-order valence-electron chi connectivity index (χ0n) is 11.9. The third kappa shape index (κ3) is 4.71. The smallest absolute Gasteiger partial charge is 0.242 e. The number of sulfonamides is 1. The second-order valence-corrected chi connectivity index (χ2v) is 8.06. The molecule has 108 valence electrons. The van der Waals surface area contributed by atoms with Gasteiger partial charge >= 0.3 is 0 Å². The van der Waals surface area contributed by atoms with E-state index >= 15 is 0 Å². The van der Waals surface area contributed by atoms with E-state index in [1.54, 1.807) is 30.0 Å². The Morgan fingerprint density at radius 1 is 1.26 bits per heavy atom. The third-order valence-electron chi connectivity index (χ3n) is 2.78. The monoisotopic (exact) mass is 302 g/mol. The van der Waals surface area contributed by atoms with Crippen LogP contribution in [0.4, 0.5) is 5.69 Å². The van der Waals surface area contributed by atoms with Crippen molar-refractivity contribution in [2.75, 3.05) is 24.7 Å². The highest BCUT2D eigenvalue weighted by Gasteiger charge is 2.23. The van der Waals surface area contributed by atoms with Gasteiger partial charge in [-0.1, -0.05) is 12.1 Å². The summed E-state index contributed by atoms with van der Waals surface area (Å²) in [6, 6.07) is 6.95. The van der Waals surface area contributed by atoms with Crippen molar-refractivity contribution < 1.29 is 8.42 Å². The van der Waals surface area contributed by atoms with Crippen LogP contribution in [0.25, 0.3) is 0 Å². The molecule has 4 nitrogen and oxygen atoms in total. The summed E-state index contributed by atoms with van der Waals surface area (Å²) in [5, 5.41) is 3.07. The van der Waals surface area contributed by atoms with E-state index in [-0.39, 0.29) is 4.75 Å². The Morgan fingerprint density at radius 2 is 1.89 bits per heavy atom. The van der Waals surface area contributed by atoms with Crippen LogP contribution < -0.4 is 10.0 Å². The topological polar surface area (TPSA) is 58.2 Å². The number of hydrogen-bond acceptors (Lipinski definition) is 4. The Bertz CT molecular complexity index is 513. The molecule has 0 atom stereocenters. The number of hydrogen-bond donors (Lipinski definition) is 2. The van der Waals surface area contributed by atoms with Crippen LogP contribution in [0, 0.1) is 0 Å². The van der Waals surface area contributed by atoms with Gasteiger partial charge in [-0.25, -0.2) is 13.1 Å². The summed E-state index contributed by atoms with van der Waals surface area (Å²) in [6.45, 7) is 7.04. The van der Waals surface area contributed by atoms with Crippen molar-refractivity contribution in [3.63, 3.8) is 0 Å². The van der Waals surface area contributed by atoms with Crippen LogP contribution in [0.2, 0.25) is 0 Å². The lowest BCUT2D eigenvalue weighted by molar-refractivity contribution is 0.571. The zero-order chi connectivity index (χ0) is 14.5. The van der Waals surface area contributed by atoms with Crippen molar-refractivity contribution in [3.8, 4) is 0 Å². The lowest BCUT2D eigenvalue weighted by Crippen LogP contribution is -2.36. The fourth-order valence-electron chi connectivity index (χ4n) is 1.46. The quantitative estimate of drug-likeness (QED) is 0.812. The Balaban J connectivity index is 2.95. The van der Waals surface area contributed by atoms with Crippen LogP contribution in [-0.2, 0) is 10.0 Å². The minimum Gasteiger partial charge on any atom is -0.384 e. The maximum absolute atomic E-state index is 12.3. The molecule has 2 N–H and O–H groups in total. The first kappa shape index (κ1) is 16.3. The summed E-state index contributed by atoms with van der Waals surface area (Å²) in [7, 11) is -3.48. The molecule has 0 spiro atoms. The van der Waals surface area contributed by atoms with Gasteiger partial charge < -0.3 is 5.32 Å². The van der Waals surface area contributed by atoms with Crippen molar-refractivity contribution in [1.82, 2.24) is 4.72 Å². The Labute approximate surface area is 120 Å². The van der Waals surface area contributed by atoms with E-state index in [9.17, 15) is 8.42 Å². The van der Waals surface area contributed by atoms with Gasteiger partial charge in [0.1, 0.15) is 4.90 Å². The van der Waals surface area contributed by atoms with E-state index in [1.165, 1.54) is 0 Å². The lowest BCUT2D eigenvalue weighted by atomic mass is 10.2. The normalized spacial score (nSPS) is 12.4. The largest absolute Gasteiger partial charge is 0.384 e. The molecule has 1 aromatic carbocycles. The van der Waals surface area contributed by atoms with Gasteiger partial charge in [-0.05, 0) is 39.2 Å². The van der Waals surface area contributed by atoms with Gasteiger partial charge in [-0.2, -0.15) is 11.8 Å². The molecule has 6 heteroatoms. The summed E-state index contributed by atoms with van der Waals surface area (Å²) in [4.78, 5) is 0.300. The Hall–Kier alpha value is -0.720.